The van der Waals surface area contributed by atoms with E-state index in [0.29, 0.717) is 31.7 Å². The summed E-state index contributed by atoms with van der Waals surface area (Å²) in [6.45, 7) is 2.45. The lowest BCUT2D eigenvalue weighted by atomic mass is 10.1. The zero-order valence-corrected chi connectivity index (χ0v) is 16.1. The molecular formula is C22H23FN4O2. The Balaban J connectivity index is 1.45. The van der Waals surface area contributed by atoms with Crippen LogP contribution in [0.5, 0.6) is 0 Å². The zero-order chi connectivity index (χ0) is 20.6. The van der Waals surface area contributed by atoms with Gasteiger partial charge in [0.2, 0.25) is 5.91 Å². The summed E-state index contributed by atoms with van der Waals surface area (Å²) in [6, 6.07) is 16.6. The number of nitrogens with one attached hydrogen (secondary N) is 1. The van der Waals surface area contributed by atoms with Gasteiger partial charge >= 0.3 is 0 Å². The van der Waals surface area contributed by atoms with E-state index < -0.39 is 6.04 Å². The van der Waals surface area contributed by atoms with Gasteiger partial charge in [0.15, 0.2) is 0 Å². The number of rotatable bonds is 6. The molecule has 1 N–H and O–H groups in total. The molecule has 150 valence electrons. The van der Waals surface area contributed by atoms with Gasteiger partial charge in [-0.15, -0.1) is 0 Å². The molecule has 6 nitrogen and oxygen atoms in total. The number of hydrogen-bond donors (Lipinski definition) is 1. The molecule has 0 radical (unpaired) electrons. The minimum Gasteiger partial charge on any atom is -0.352 e. The van der Waals surface area contributed by atoms with Crippen LogP contribution in [0.2, 0.25) is 0 Å². The maximum absolute atomic E-state index is 13.1. The molecule has 2 aromatic carbocycles. The Morgan fingerprint density at radius 1 is 1.03 bits per heavy atom. The van der Waals surface area contributed by atoms with Crippen LogP contribution in [-0.4, -0.2) is 54.3 Å². The number of amides is 2. The number of hydrogen-bond acceptors (Lipinski definition) is 4. The fraction of sp³-hybridized carbons (Fsp3) is 0.318. The molecule has 29 heavy (non-hydrogen) atoms. The molecular weight excluding hydrogens is 371 g/mol. The molecule has 1 fully saturated rings. The maximum Gasteiger partial charge on any atom is 0.251 e. The third-order valence-corrected chi connectivity index (χ3v) is 5.00. The van der Waals surface area contributed by atoms with Crippen LogP contribution in [0.1, 0.15) is 28.4 Å². The third-order valence-electron chi connectivity index (χ3n) is 5.00. The second-order valence-corrected chi connectivity index (χ2v) is 6.87. The average Bonchev–Trinajstić information content (AvgIpc) is 2.76. The first-order valence-corrected chi connectivity index (χ1v) is 9.58. The first-order valence-electron chi connectivity index (χ1n) is 9.58. The molecule has 2 aromatic rings. The van der Waals surface area contributed by atoms with Gasteiger partial charge in [-0.25, -0.2) is 4.39 Å². The molecule has 7 heteroatoms. The van der Waals surface area contributed by atoms with E-state index in [2.05, 4.69) is 11.4 Å². The lowest BCUT2D eigenvalue weighted by Gasteiger charge is -2.37. The maximum atomic E-state index is 13.1. The lowest BCUT2D eigenvalue weighted by Crippen LogP contribution is -2.50. The van der Waals surface area contributed by atoms with Gasteiger partial charge in [0.05, 0.1) is 6.07 Å². The Morgan fingerprint density at radius 2 is 1.69 bits per heavy atom. The van der Waals surface area contributed by atoms with E-state index in [1.165, 1.54) is 12.1 Å². The van der Waals surface area contributed by atoms with Crippen molar-refractivity contribution in [3.63, 3.8) is 0 Å². The summed E-state index contributed by atoms with van der Waals surface area (Å²) in [7, 11) is 0. The summed E-state index contributed by atoms with van der Waals surface area (Å²) in [5, 5.41) is 12.3. The summed E-state index contributed by atoms with van der Waals surface area (Å²) in [6.07, 6.45) is 0.234. The van der Waals surface area contributed by atoms with E-state index in [9.17, 15) is 19.2 Å². The summed E-state index contributed by atoms with van der Waals surface area (Å²) in [4.78, 5) is 28.2. The van der Waals surface area contributed by atoms with Crippen molar-refractivity contribution in [1.82, 2.24) is 15.1 Å². The fourth-order valence-electron chi connectivity index (χ4n) is 3.37. The summed E-state index contributed by atoms with van der Waals surface area (Å²) in [5.74, 6) is -0.548. The summed E-state index contributed by atoms with van der Waals surface area (Å²) in [5.41, 5.74) is 1.31. The number of carbonyl (C=O) groups excluding carboxylic acids is 2. The van der Waals surface area contributed by atoms with Crippen molar-refractivity contribution in [2.45, 2.75) is 12.5 Å². The van der Waals surface area contributed by atoms with Crippen molar-refractivity contribution in [2.24, 2.45) is 0 Å². The minimum atomic E-state index is -0.460. The summed E-state index contributed by atoms with van der Waals surface area (Å²) < 4.78 is 13.1. The molecule has 0 bridgehead atoms. The summed E-state index contributed by atoms with van der Waals surface area (Å²) >= 11 is 0. The van der Waals surface area contributed by atoms with E-state index in [1.54, 1.807) is 41.3 Å². The lowest BCUT2D eigenvalue weighted by molar-refractivity contribution is -0.133. The van der Waals surface area contributed by atoms with Crippen molar-refractivity contribution in [1.29, 1.82) is 5.26 Å². The van der Waals surface area contributed by atoms with E-state index in [1.807, 2.05) is 11.0 Å². The van der Waals surface area contributed by atoms with Gasteiger partial charge in [-0.1, -0.05) is 30.3 Å². The first kappa shape index (κ1) is 20.5. The van der Waals surface area contributed by atoms with Gasteiger partial charge in [0.1, 0.15) is 11.9 Å². The molecule has 0 aromatic heterocycles. The Bertz CT molecular complexity index is 872. The molecule has 3 rings (SSSR count). The highest BCUT2D eigenvalue weighted by Gasteiger charge is 2.26. The van der Waals surface area contributed by atoms with Crippen molar-refractivity contribution >= 4 is 11.8 Å². The molecule has 1 heterocycles. The highest BCUT2D eigenvalue weighted by atomic mass is 19.1. The van der Waals surface area contributed by atoms with Gasteiger partial charge < -0.3 is 10.2 Å². The van der Waals surface area contributed by atoms with Gasteiger partial charge in [0, 0.05) is 44.7 Å². The third kappa shape index (κ3) is 5.39. The largest absolute Gasteiger partial charge is 0.352 e. The average molecular weight is 394 g/mol. The van der Waals surface area contributed by atoms with Crippen LogP contribution in [0, 0.1) is 17.1 Å². The van der Waals surface area contributed by atoms with Crippen LogP contribution in [0.15, 0.2) is 54.6 Å². The monoisotopic (exact) mass is 394 g/mol. The predicted molar refractivity (Wildman–Crippen MR) is 106 cm³/mol. The first-order chi connectivity index (χ1) is 14.1. The standard InChI is InChI=1S/C22H23FN4O2/c23-19-8-6-17(7-9-19)20(16-24)26-12-14-27(15-13-26)21(28)10-11-25-22(29)18-4-2-1-3-5-18/h1-9,20H,10-15H2,(H,25,29)/t20-/m1/s1. The fourth-order valence-corrected chi connectivity index (χ4v) is 3.37. The Hall–Kier alpha value is -3.24. The van der Waals surface area contributed by atoms with Gasteiger partial charge in [0.25, 0.3) is 5.91 Å². The Morgan fingerprint density at radius 3 is 2.31 bits per heavy atom. The normalized spacial score (nSPS) is 15.4. The van der Waals surface area contributed by atoms with Crippen molar-refractivity contribution < 1.29 is 14.0 Å². The zero-order valence-electron chi connectivity index (χ0n) is 16.1. The van der Waals surface area contributed by atoms with Crippen LogP contribution < -0.4 is 5.32 Å². The van der Waals surface area contributed by atoms with Crippen LogP contribution in [0.25, 0.3) is 0 Å². The molecule has 0 unspecified atom stereocenters. The molecule has 1 atom stereocenters. The number of piperazine rings is 1. The van der Waals surface area contributed by atoms with E-state index >= 15 is 0 Å². The second-order valence-electron chi connectivity index (χ2n) is 6.87. The van der Waals surface area contributed by atoms with Crippen LogP contribution in [-0.2, 0) is 4.79 Å². The molecule has 0 spiro atoms. The van der Waals surface area contributed by atoms with Crippen molar-refractivity contribution in [3.05, 3.63) is 71.5 Å². The topological polar surface area (TPSA) is 76.4 Å². The van der Waals surface area contributed by atoms with Crippen LogP contribution in [0.4, 0.5) is 4.39 Å². The number of halogens is 1. The molecule has 1 aliphatic rings. The molecule has 1 saturated heterocycles. The number of nitrogens with zero attached hydrogens (tertiary/aromatic N) is 3. The molecule has 0 aliphatic carbocycles. The van der Waals surface area contributed by atoms with E-state index in [-0.39, 0.29) is 30.6 Å². The van der Waals surface area contributed by atoms with Gasteiger partial charge in [-0.3, -0.25) is 14.5 Å². The van der Waals surface area contributed by atoms with Gasteiger partial charge in [-0.2, -0.15) is 5.26 Å². The Labute approximate surface area is 169 Å². The smallest absolute Gasteiger partial charge is 0.251 e. The quantitative estimate of drug-likeness (QED) is 0.816. The second kappa shape index (κ2) is 9.80. The number of benzene rings is 2. The predicted octanol–water partition coefficient (Wildman–Crippen LogP) is 2.35. The highest BCUT2D eigenvalue weighted by molar-refractivity contribution is 5.94. The molecule has 2 amide bonds. The van der Waals surface area contributed by atoms with E-state index in [4.69, 9.17) is 0 Å². The minimum absolute atomic E-state index is 0.0201. The number of nitriles is 1. The van der Waals surface area contributed by atoms with Gasteiger partial charge in [-0.05, 0) is 29.8 Å². The highest BCUT2D eigenvalue weighted by Crippen LogP contribution is 2.22. The van der Waals surface area contributed by atoms with Crippen LogP contribution in [0.3, 0.4) is 0 Å². The SMILES string of the molecule is N#C[C@H](c1ccc(F)cc1)N1CCN(C(=O)CCNC(=O)c2ccccc2)CC1. The van der Waals surface area contributed by atoms with Crippen LogP contribution >= 0.6 is 0 Å². The molecule has 1 aliphatic heterocycles. The molecule has 0 saturated carbocycles. The Kier molecular flexibility index (Phi) is 6.93. The van der Waals surface area contributed by atoms with Crippen molar-refractivity contribution in [3.8, 4) is 6.07 Å². The van der Waals surface area contributed by atoms with E-state index in [0.717, 1.165) is 5.56 Å². The van der Waals surface area contributed by atoms with Crippen molar-refractivity contribution in [2.75, 3.05) is 32.7 Å². The number of carbonyl (C=O) groups is 2.